The third kappa shape index (κ3) is 7.06. The van der Waals surface area contributed by atoms with Gasteiger partial charge in [-0.3, -0.25) is 19.0 Å². The maximum absolute atomic E-state index is 14.4. The molecule has 48 heavy (non-hydrogen) atoms. The molecule has 2 heterocycles. The number of carbonyl (C=O) groups is 2. The van der Waals surface area contributed by atoms with Crippen LogP contribution >= 0.6 is 34.8 Å². The number of carbonyl (C=O) groups excluding carboxylic acids is 2. The Hall–Kier alpha value is -5.16. The number of fused-ring (bicyclic) bond motifs is 1. The number of nitrogens with one attached hydrogen (secondary N) is 2. The molecule has 10 nitrogen and oxygen atoms in total. The third-order valence-electron chi connectivity index (χ3n) is 7.35. The molecule has 5 rings (SSSR count). The van der Waals surface area contributed by atoms with E-state index in [1.807, 2.05) is 0 Å². The van der Waals surface area contributed by atoms with Crippen molar-refractivity contribution in [3.63, 3.8) is 0 Å². The van der Waals surface area contributed by atoms with E-state index in [9.17, 15) is 14.4 Å². The van der Waals surface area contributed by atoms with E-state index in [2.05, 4.69) is 28.8 Å². The first-order valence-corrected chi connectivity index (χ1v) is 15.4. The van der Waals surface area contributed by atoms with Gasteiger partial charge in [-0.05, 0) is 47.5 Å². The Bertz CT molecular complexity index is 2120. The molecule has 0 aliphatic rings. The van der Waals surface area contributed by atoms with Gasteiger partial charge in [0, 0.05) is 35.3 Å². The first-order chi connectivity index (χ1) is 23.1. The van der Waals surface area contributed by atoms with Crippen LogP contribution in [0.2, 0.25) is 15.1 Å². The fourth-order valence-corrected chi connectivity index (χ4v) is 5.91. The highest BCUT2D eigenvalue weighted by Crippen LogP contribution is 2.45. The number of anilines is 3. The van der Waals surface area contributed by atoms with Gasteiger partial charge in [-0.15, -0.1) is 0 Å². The molecule has 0 spiro atoms. The Balaban J connectivity index is 1.69. The molecule has 0 radical (unpaired) electrons. The van der Waals surface area contributed by atoms with Crippen LogP contribution in [0.25, 0.3) is 22.2 Å². The van der Waals surface area contributed by atoms with E-state index >= 15 is 0 Å². The topological polar surface area (TPSA) is 124 Å². The van der Waals surface area contributed by atoms with E-state index in [4.69, 9.17) is 49.3 Å². The highest BCUT2D eigenvalue weighted by Gasteiger charge is 2.24. The van der Waals surface area contributed by atoms with Gasteiger partial charge >= 0.3 is 0 Å². The summed E-state index contributed by atoms with van der Waals surface area (Å²) in [7, 11) is 2.89. The van der Waals surface area contributed by atoms with Gasteiger partial charge < -0.3 is 20.1 Å². The minimum atomic E-state index is -0.467. The van der Waals surface area contributed by atoms with Crippen molar-refractivity contribution in [2.24, 2.45) is 0 Å². The number of aromatic nitrogens is 3. The van der Waals surface area contributed by atoms with Crippen molar-refractivity contribution >= 4 is 74.8 Å². The number of benzene rings is 3. The summed E-state index contributed by atoms with van der Waals surface area (Å²) in [4.78, 5) is 47.6. The van der Waals surface area contributed by atoms with Crippen molar-refractivity contribution in [3.05, 3.63) is 123 Å². The SMILES string of the molecule is C=CC(=O)Cc1cccc(Cl)c1Nc1ncc2cc(-c3c(Cl)c(OC)cc(OC)c3Cl)c(=O)n(Cc3ccc(NC(=O)C=C)cc3)c2n1. The molecule has 0 aliphatic carbocycles. The number of hydrogen-bond donors (Lipinski definition) is 2. The Kier molecular flexibility index (Phi) is 10.5. The van der Waals surface area contributed by atoms with Crippen molar-refractivity contribution in [2.75, 3.05) is 24.9 Å². The van der Waals surface area contributed by atoms with Crippen LogP contribution in [-0.4, -0.2) is 40.4 Å². The van der Waals surface area contributed by atoms with Crippen LogP contribution in [0.4, 0.5) is 17.3 Å². The van der Waals surface area contributed by atoms with Crippen LogP contribution in [0.5, 0.6) is 11.5 Å². The standard InChI is InChI=1S/C35H28Cl3N5O5/c1-5-23(44)14-20-8-7-9-25(36)32(20)41-35-39-17-21-15-24(29-30(37)26(47-3)16-27(48-4)31(29)38)34(46)43(33(21)42-35)18-19-10-12-22(13-11-19)40-28(45)6-2/h5-13,15-17H,1-2,14,18H2,3-4H3,(H,40,45)(H,39,41,42). The minimum Gasteiger partial charge on any atom is -0.495 e. The van der Waals surface area contributed by atoms with Gasteiger partial charge in [-0.25, -0.2) is 4.98 Å². The van der Waals surface area contributed by atoms with Gasteiger partial charge in [0.2, 0.25) is 11.9 Å². The lowest BCUT2D eigenvalue weighted by atomic mass is 10.0. The monoisotopic (exact) mass is 703 g/mol. The van der Waals surface area contributed by atoms with E-state index in [1.54, 1.807) is 54.7 Å². The van der Waals surface area contributed by atoms with E-state index in [0.29, 0.717) is 27.3 Å². The van der Waals surface area contributed by atoms with Crippen LogP contribution in [-0.2, 0) is 22.6 Å². The van der Waals surface area contributed by atoms with Crippen molar-refractivity contribution in [3.8, 4) is 22.6 Å². The molecule has 2 N–H and O–H groups in total. The Morgan fingerprint density at radius 2 is 1.65 bits per heavy atom. The lowest BCUT2D eigenvalue weighted by Gasteiger charge is -2.18. The van der Waals surface area contributed by atoms with Crippen molar-refractivity contribution < 1.29 is 19.1 Å². The van der Waals surface area contributed by atoms with Gasteiger partial charge in [0.15, 0.2) is 5.78 Å². The maximum Gasteiger partial charge on any atom is 0.260 e. The molecule has 0 atom stereocenters. The maximum atomic E-state index is 14.4. The minimum absolute atomic E-state index is 0.0583. The number of ketones is 1. The molecule has 0 fully saturated rings. The van der Waals surface area contributed by atoms with Gasteiger partial charge in [-0.1, -0.05) is 72.2 Å². The summed E-state index contributed by atoms with van der Waals surface area (Å²) in [5.74, 6) is 0.107. The molecule has 244 valence electrons. The zero-order valence-corrected chi connectivity index (χ0v) is 28.0. The summed E-state index contributed by atoms with van der Waals surface area (Å²) in [5, 5.41) is 6.89. The van der Waals surface area contributed by atoms with Crippen molar-refractivity contribution in [1.82, 2.24) is 14.5 Å². The molecular formula is C35H28Cl3N5O5. The van der Waals surface area contributed by atoms with Crippen LogP contribution in [0.1, 0.15) is 11.1 Å². The number of nitrogens with zero attached hydrogens (tertiary/aromatic N) is 3. The number of methoxy groups -OCH3 is 2. The van der Waals surface area contributed by atoms with E-state index in [-0.39, 0.29) is 68.9 Å². The molecule has 0 unspecified atom stereocenters. The summed E-state index contributed by atoms with van der Waals surface area (Å²) >= 11 is 20.0. The number of ether oxygens (including phenoxy) is 2. The van der Waals surface area contributed by atoms with Crippen molar-refractivity contribution in [1.29, 1.82) is 0 Å². The second kappa shape index (κ2) is 14.7. The van der Waals surface area contributed by atoms with Crippen molar-refractivity contribution in [2.45, 2.75) is 13.0 Å². The summed E-state index contributed by atoms with van der Waals surface area (Å²) in [6.45, 7) is 7.08. The first-order valence-electron chi connectivity index (χ1n) is 14.3. The fraction of sp³-hybridized carbons (Fsp3) is 0.114. The number of rotatable bonds is 12. The molecule has 1 amide bonds. The predicted octanol–water partition coefficient (Wildman–Crippen LogP) is 7.65. The van der Waals surface area contributed by atoms with E-state index in [1.165, 1.54) is 37.0 Å². The van der Waals surface area contributed by atoms with Crippen LogP contribution < -0.4 is 25.7 Å². The summed E-state index contributed by atoms with van der Waals surface area (Å²) in [6, 6.07) is 15.3. The first kappa shape index (κ1) is 34.2. The molecule has 5 aromatic rings. The van der Waals surface area contributed by atoms with Gasteiger partial charge in [0.05, 0.1) is 47.1 Å². The zero-order valence-electron chi connectivity index (χ0n) is 25.8. The Labute approximate surface area is 290 Å². The van der Waals surface area contributed by atoms with E-state index in [0.717, 1.165) is 5.56 Å². The third-order valence-corrected chi connectivity index (χ3v) is 8.41. The molecule has 2 aromatic heterocycles. The fourth-order valence-electron chi connectivity index (χ4n) is 4.96. The molecule has 0 bridgehead atoms. The van der Waals surface area contributed by atoms with Crippen LogP contribution in [0.3, 0.4) is 0 Å². The Morgan fingerprint density at radius 3 is 2.27 bits per heavy atom. The lowest BCUT2D eigenvalue weighted by Crippen LogP contribution is -2.24. The van der Waals surface area contributed by atoms with Gasteiger partial charge in [-0.2, -0.15) is 4.98 Å². The smallest absolute Gasteiger partial charge is 0.260 e. The molecule has 0 saturated carbocycles. The quantitative estimate of drug-likeness (QED) is 0.127. The largest absolute Gasteiger partial charge is 0.495 e. The van der Waals surface area contributed by atoms with Gasteiger partial charge in [0.25, 0.3) is 5.56 Å². The normalized spacial score (nSPS) is 10.8. The summed E-state index contributed by atoms with van der Waals surface area (Å²) < 4.78 is 12.3. The number of amides is 1. The molecule has 3 aromatic carbocycles. The zero-order chi connectivity index (χ0) is 34.5. The number of hydrogen-bond acceptors (Lipinski definition) is 8. The lowest BCUT2D eigenvalue weighted by molar-refractivity contribution is -0.114. The van der Waals surface area contributed by atoms with Crippen LogP contribution in [0, 0.1) is 0 Å². The van der Waals surface area contributed by atoms with E-state index < -0.39 is 5.56 Å². The van der Waals surface area contributed by atoms with Crippen LogP contribution in [0.15, 0.2) is 90.9 Å². The van der Waals surface area contributed by atoms with Gasteiger partial charge in [0.1, 0.15) is 17.1 Å². The highest BCUT2D eigenvalue weighted by atomic mass is 35.5. The molecule has 0 saturated heterocycles. The molecule has 13 heteroatoms. The molecule has 0 aliphatic heterocycles. The Morgan fingerprint density at radius 1 is 0.958 bits per heavy atom. The number of allylic oxidation sites excluding steroid dienone is 1. The average molecular weight is 705 g/mol. The second-order valence-electron chi connectivity index (χ2n) is 10.3. The molecular weight excluding hydrogens is 677 g/mol. The highest BCUT2D eigenvalue weighted by molar-refractivity contribution is 6.41. The number of para-hydroxylation sites is 1. The average Bonchev–Trinajstić information content (AvgIpc) is 3.08. The number of pyridine rings is 1. The predicted molar refractivity (Wildman–Crippen MR) is 190 cm³/mol. The second-order valence-corrected chi connectivity index (χ2v) is 11.5. The summed E-state index contributed by atoms with van der Waals surface area (Å²) in [5.41, 5.74) is 2.52. The number of halogens is 3. The summed E-state index contributed by atoms with van der Waals surface area (Å²) in [6.07, 6.45) is 4.01.